The van der Waals surface area contributed by atoms with Crippen molar-refractivity contribution in [1.29, 1.82) is 0 Å². The van der Waals surface area contributed by atoms with Gasteiger partial charge < -0.3 is 4.74 Å². The predicted octanol–water partition coefficient (Wildman–Crippen LogP) is 3.44. The molecular weight excluding hydrogens is 312 g/mol. The van der Waals surface area contributed by atoms with Crippen LogP contribution in [0.3, 0.4) is 0 Å². The zero-order chi connectivity index (χ0) is 10.7. The second-order valence-corrected chi connectivity index (χ2v) is 4.24. The van der Waals surface area contributed by atoms with Crippen molar-refractivity contribution in [3.63, 3.8) is 0 Å². The van der Waals surface area contributed by atoms with Gasteiger partial charge in [-0.05, 0) is 30.2 Å². The lowest BCUT2D eigenvalue weighted by molar-refractivity contribution is 0.0600. The summed E-state index contributed by atoms with van der Waals surface area (Å²) in [5.74, 6) is -0.294. The monoisotopic (exact) mass is 320 g/mol. The Bertz CT molecular complexity index is 361. The Hall–Kier alpha value is -0.350. The molecular formula is C10H10Br2O2. The van der Waals surface area contributed by atoms with Gasteiger partial charge in [-0.1, -0.05) is 31.9 Å². The minimum absolute atomic E-state index is 0.294. The van der Waals surface area contributed by atoms with E-state index in [1.165, 1.54) is 7.11 Å². The van der Waals surface area contributed by atoms with E-state index in [0.29, 0.717) is 10.9 Å². The number of rotatable bonds is 2. The third kappa shape index (κ3) is 2.17. The molecule has 0 fully saturated rings. The molecule has 0 radical (unpaired) electrons. The van der Waals surface area contributed by atoms with E-state index in [4.69, 9.17) is 0 Å². The van der Waals surface area contributed by atoms with Crippen molar-refractivity contribution in [1.82, 2.24) is 0 Å². The zero-order valence-electron chi connectivity index (χ0n) is 7.93. The van der Waals surface area contributed by atoms with E-state index < -0.39 is 0 Å². The highest BCUT2D eigenvalue weighted by molar-refractivity contribution is 9.10. The Kier molecular flexibility index (Phi) is 4.13. The molecule has 0 aliphatic carbocycles. The molecule has 0 N–H and O–H groups in total. The van der Waals surface area contributed by atoms with Crippen LogP contribution in [0.15, 0.2) is 16.6 Å². The fourth-order valence-electron chi connectivity index (χ4n) is 1.22. The van der Waals surface area contributed by atoms with Crippen molar-refractivity contribution in [3.8, 4) is 0 Å². The van der Waals surface area contributed by atoms with E-state index in [-0.39, 0.29) is 5.97 Å². The first-order chi connectivity index (χ1) is 6.61. The first kappa shape index (κ1) is 11.7. The normalized spacial score (nSPS) is 10.0. The number of ether oxygens (including phenoxy) is 1. The second kappa shape index (κ2) is 4.94. The number of carbonyl (C=O) groups is 1. The van der Waals surface area contributed by atoms with Gasteiger partial charge in [0.15, 0.2) is 0 Å². The summed E-state index contributed by atoms with van der Waals surface area (Å²) >= 11 is 6.81. The summed E-state index contributed by atoms with van der Waals surface area (Å²) < 4.78 is 5.69. The Balaban J connectivity index is 3.28. The van der Waals surface area contributed by atoms with Gasteiger partial charge in [0.25, 0.3) is 0 Å². The minimum Gasteiger partial charge on any atom is -0.465 e. The number of methoxy groups -OCH3 is 1. The van der Waals surface area contributed by atoms with Crippen LogP contribution < -0.4 is 0 Å². The van der Waals surface area contributed by atoms with Gasteiger partial charge >= 0.3 is 5.97 Å². The van der Waals surface area contributed by atoms with Crippen LogP contribution >= 0.6 is 31.9 Å². The standard InChI is InChI=1S/C10H10Br2O2/c1-6-7(10(13)14-2)3-4-9(12)8(6)5-11/h3-4H,5H2,1-2H3. The summed E-state index contributed by atoms with van der Waals surface area (Å²) in [6.07, 6.45) is 0. The third-order valence-electron chi connectivity index (χ3n) is 2.08. The molecule has 1 aromatic rings. The van der Waals surface area contributed by atoms with Crippen LogP contribution in [0, 0.1) is 6.92 Å². The second-order valence-electron chi connectivity index (χ2n) is 2.82. The zero-order valence-corrected chi connectivity index (χ0v) is 11.1. The molecule has 1 rings (SSSR count). The summed E-state index contributed by atoms with van der Waals surface area (Å²) in [5, 5.41) is 0.713. The average Bonchev–Trinajstić information content (AvgIpc) is 2.18. The average molecular weight is 322 g/mol. The van der Waals surface area contributed by atoms with Gasteiger partial charge in [-0.15, -0.1) is 0 Å². The van der Waals surface area contributed by atoms with Crippen molar-refractivity contribution in [3.05, 3.63) is 33.3 Å². The molecule has 1 aromatic carbocycles. The summed E-state index contributed by atoms with van der Waals surface area (Å²) in [6.45, 7) is 1.91. The van der Waals surface area contributed by atoms with Gasteiger partial charge in [-0.3, -0.25) is 0 Å². The molecule has 2 nitrogen and oxygen atoms in total. The SMILES string of the molecule is COC(=O)c1ccc(Br)c(CBr)c1C. The fraction of sp³-hybridized carbons (Fsp3) is 0.300. The van der Waals surface area contributed by atoms with Crippen molar-refractivity contribution in [2.45, 2.75) is 12.3 Å². The lowest BCUT2D eigenvalue weighted by Gasteiger charge is -2.09. The Morgan fingerprint density at radius 2 is 2.14 bits per heavy atom. The minimum atomic E-state index is -0.294. The van der Waals surface area contributed by atoms with Crippen molar-refractivity contribution >= 4 is 37.8 Å². The number of hydrogen-bond donors (Lipinski definition) is 0. The van der Waals surface area contributed by atoms with E-state index in [9.17, 15) is 4.79 Å². The summed E-state index contributed by atoms with van der Waals surface area (Å²) in [5.41, 5.74) is 2.64. The lowest BCUT2D eigenvalue weighted by Crippen LogP contribution is -2.05. The summed E-state index contributed by atoms with van der Waals surface area (Å²) in [7, 11) is 1.39. The molecule has 76 valence electrons. The largest absolute Gasteiger partial charge is 0.465 e. The van der Waals surface area contributed by atoms with Gasteiger partial charge in [0.05, 0.1) is 12.7 Å². The quantitative estimate of drug-likeness (QED) is 0.616. The molecule has 0 atom stereocenters. The number of benzene rings is 1. The Morgan fingerprint density at radius 3 is 2.64 bits per heavy atom. The molecule has 0 saturated heterocycles. The van der Waals surface area contributed by atoms with Gasteiger partial charge in [-0.2, -0.15) is 0 Å². The maximum Gasteiger partial charge on any atom is 0.338 e. The molecule has 0 aromatic heterocycles. The first-order valence-electron chi connectivity index (χ1n) is 4.04. The van der Waals surface area contributed by atoms with Gasteiger partial charge in [0.1, 0.15) is 0 Å². The molecule has 0 bridgehead atoms. The maximum absolute atomic E-state index is 11.4. The van der Waals surface area contributed by atoms with Crippen molar-refractivity contribution < 1.29 is 9.53 Å². The van der Waals surface area contributed by atoms with Crippen LogP contribution in [0.2, 0.25) is 0 Å². The molecule has 0 aliphatic rings. The first-order valence-corrected chi connectivity index (χ1v) is 5.95. The fourth-order valence-corrected chi connectivity index (χ4v) is 2.89. The van der Waals surface area contributed by atoms with E-state index in [2.05, 4.69) is 36.6 Å². The van der Waals surface area contributed by atoms with Gasteiger partial charge in [-0.25, -0.2) is 4.79 Å². The highest BCUT2D eigenvalue weighted by Gasteiger charge is 2.13. The highest BCUT2D eigenvalue weighted by atomic mass is 79.9. The van der Waals surface area contributed by atoms with E-state index >= 15 is 0 Å². The topological polar surface area (TPSA) is 26.3 Å². The van der Waals surface area contributed by atoms with Crippen LogP contribution in [-0.2, 0) is 10.1 Å². The number of halogens is 2. The maximum atomic E-state index is 11.4. The van der Waals surface area contributed by atoms with Crippen LogP contribution in [0.4, 0.5) is 0 Å². The lowest BCUT2D eigenvalue weighted by atomic mass is 10.0. The van der Waals surface area contributed by atoms with Crippen LogP contribution in [0.1, 0.15) is 21.5 Å². The van der Waals surface area contributed by atoms with Crippen LogP contribution in [0.25, 0.3) is 0 Å². The number of alkyl halides is 1. The van der Waals surface area contributed by atoms with Crippen LogP contribution in [-0.4, -0.2) is 13.1 Å². The van der Waals surface area contributed by atoms with E-state index in [0.717, 1.165) is 15.6 Å². The molecule has 0 aliphatic heterocycles. The van der Waals surface area contributed by atoms with Crippen LogP contribution in [0.5, 0.6) is 0 Å². The van der Waals surface area contributed by atoms with E-state index in [1.807, 2.05) is 13.0 Å². The number of hydrogen-bond acceptors (Lipinski definition) is 2. The Labute approximate surface area is 99.9 Å². The number of carbonyl (C=O) groups excluding carboxylic acids is 1. The molecule has 0 saturated carbocycles. The highest BCUT2D eigenvalue weighted by Crippen LogP contribution is 2.25. The molecule has 0 unspecified atom stereocenters. The molecule has 0 amide bonds. The Morgan fingerprint density at radius 1 is 1.50 bits per heavy atom. The van der Waals surface area contributed by atoms with Crippen molar-refractivity contribution in [2.75, 3.05) is 7.11 Å². The smallest absolute Gasteiger partial charge is 0.338 e. The molecule has 0 spiro atoms. The van der Waals surface area contributed by atoms with E-state index in [1.54, 1.807) is 6.07 Å². The van der Waals surface area contributed by atoms with Gasteiger partial charge in [0.2, 0.25) is 0 Å². The molecule has 14 heavy (non-hydrogen) atoms. The number of esters is 1. The van der Waals surface area contributed by atoms with Gasteiger partial charge in [0, 0.05) is 9.80 Å². The predicted molar refractivity (Wildman–Crippen MR) is 62.8 cm³/mol. The summed E-state index contributed by atoms with van der Waals surface area (Å²) in [6, 6.07) is 3.62. The van der Waals surface area contributed by atoms with Crippen molar-refractivity contribution in [2.24, 2.45) is 0 Å². The summed E-state index contributed by atoms with van der Waals surface area (Å²) in [4.78, 5) is 11.4. The molecule has 4 heteroatoms. The molecule has 0 heterocycles. The third-order valence-corrected chi connectivity index (χ3v) is 3.38.